The molecule has 0 aromatic heterocycles. The van der Waals surface area contributed by atoms with Crippen LogP contribution >= 0.6 is 0 Å². The lowest BCUT2D eigenvalue weighted by molar-refractivity contribution is 0.660. The van der Waals surface area contributed by atoms with Crippen LogP contribution in [0.25, 0.3) is 55.3 Å². The summed E-state index contributed by atoms with van der Waals surface area (Å²) in [6.45, 7) is 4.75. The van der Waals surface area contributed by atoms with Crippen molar-refractivity contribution in [1.29, 1.82) is 0 Å². The smallest absolute Gasteiger partial charge is 0.0726 e. The Balaban J connectivity index is 1.15. The highest BCUT2D eigenvalue weighted by molar-refractivity contribution is 6.02. The maximum Gasteiger partial charge on any atom is 0.0726 e. The fourth-order valence-electron chi connectivity index (χ4n) is 10.7. The molecule has 0 aliphatic heterocycles. The summed E-state index contributed by atoms with van der Waals surface area (Å²) in [5.74, 6) is 0. The van der Waals surface area contributed by atoms with Crippen LogP contribution in [0.3, 0.4) is 0 Å². The maximum absolute atomic E-state index is 2.53. The number of benzene rings is 9. The summed E-state index contributed by atoms with van der Waals surface area (Å²) in [7, 11) is 0. The molecule has 0 amide bonds. The van der Waals surface area contributed by atoms with Crippen LogP contribution in [0, 0.1) is 0 Å². The van der Waals surface area contributed by atoms with Crippen molar-refractivity contribution in [3.63, 3.8) is 0 Å². The monoisotopic (exact) mass is 725 g/mol. The first kappa shape index (κ1) is 32.3. The van der Waals surface area contributed by atoms with E-state index in [0.717, 1.165) is 11.4 Å². The molecule has 57 heavy (non-hydrogen) atoms. The minimum atomic E-state index is -0.477. The zero-order valence-corrected chi connectivity index (χ0v) is 32.0. The molecule has 12 rings (SSSR count). The minimum Gasteiger partial charge on any atom is -0.310 e. The van der Waals surface area contributed by atoms with Crippen LogP contribution < -0.4 is 4.90 Å². The molecule has 3 aliphatic rings. The SMILES string of the molecule is CC1(C)c2ccccc2-c2ccc(N(c3ccc4ccccc4c3)c3cccc4c3-c3ccccc3C43c4ccccc4-c4ccc(-c5ccccc5)cc43)cc21. The second kappa shape index (κ2) is 11.8. The molecule has 3 aliphatic carbocycles. The average Bonchev–Trinajstić information content (AvgIpc) is 3.83. The van der Waals surface area contributed by atoms with E-state index in [4.69, 9.17) is 0 Å². The first-order valence-corrected chi connectivity index (χ1v) is 20.1. The fourth-order valence-corrected chi connectivity index (χ4v) is 10.7. The van der Waals surface area contributed by atoms with Gasteiger partial charge in [0.05, 0.1) is 11.1 Å². The van der Waals surface area contributed by atoms with Crippen molar-refractivity contribution in [3.8, 4) is 44.5 Å². The second-order valence-corrected chi connectivity index (χ2v) is 16.4. The Morgan fingerprint density at radius 1 is 0.333 bits per heavy atom. The third-order valence-corrected chi connectivity index (χ3v) is 13.3. The van der Waals surface area contributed by atoms with Gasteiger partial charge in [-0.1, -0.05) is 178 Å². The van der Waals surface area contributed by atoms with Crippen LogP contribution in [0.4, 0.5) is 17.1 Å². The molecule has 1 spiro atoms. The van der Waals surface area contributed by atoms with Crippen LogP contribution in [0.5, 0.6) is 0 Å². The molecule has 0 fully saturated rings. The largest absolute Gasteiger partial charge is 0.310 e. The number of hydrogen-bond acceptors (Lipinski definition) is 1. The van der Waals surface area contributed by atoms with E-state index >= 15 is 0 Å². The number of nitrogens with zero attached hydrogens (tertiary/aromatic N) is 1. The molecule has 9 aromatic rings. The molecule has 0 saturated carbocycles. The summed E-state index contributed by atoms with van der Waals surface area (Å²) in [4.78, 5) is 2.53. The van der Waals surface area contributed by atoms with Crippen LogP contribution in [0.15, 0.2) is 200 Å². The van der Waals surface area contributed by atoms with Crippen molar-refractivity contribution in [2.24, 2.45) is 0 Å². The highest BCUT2D eigenvalue weighted by atomic mass is 15.1. The Morgan fingerprint density at radius 2 is 0.895 bits per heavy atom. The van der Waals surface area contributed by atoms with Gasteiger partial charge in [-0.15, -0.1) is 0 Å². The Labute approximate surface area is 334 Å². The normalized spacial score (nSPS) is 16.1. The molecule has 0 saturated heterocycles. The van der Waals surface area contributed by atoms with Crippen molar-refractivity contribution >= 4 is 27.8 Å². The Morgan fingerprint density at radius 3 is 1.70 bits per heavy atom. The van der Waals surface area contributed by atoms with Gasteiger partial charge >= 0.3 is 0 Å². The van der Waals surface area contributed by atoms with Crippen molar-refractivity contribution in [2.75, 3.05) is 4.90 Å². The molecular formula is C56H39N. The van der Waals surface area contributed by atoms with E-state index in [9.17, 15) is 0 Å². The zero-order chi connectivity index (χ0) is 37.9. The van der Waals surface area contributed by atoms with Gasteiger partial charge in [-0.05, 0) is 119 Å². The summed E-state index contributed by atoms with van der Waals surface area (Å²) in [5.41, 5.74) is 21.4. The number of hydrogen-bond donors (Lipinski definition) is 0. The predicted octanol–water partition coefficient (Wildman–Crippen LogP) is 14.6. The Kier molecular flexibility index (Phi) is 6.67. The van der Waals surface area contributed by atoms with E-state index in [1.54, 1.807) is 0 Å². The van der Waals surface area contributed by atoms with Gasteiger partial charge in [-0.2, -0.15) is 0 Å². The van der Waals surface area contributed by atoms with E-state index in [1.807, 2.05) is 0 Å². The number of anilines is 3. The highest BCUT2D eigenvalue weighted by Gasteiger charge is 2.52. The Hall–Kier alpha value is -6.96. The van der Waals surface area contributed by atoms with Gasteiger partial charge in [0.15, 0.2) is 0 Å². The van der Waals surface area contributed by atoms with Gasteiger partial charge in [0.1, 0.15) is 0 Å². The fraction of sp³-hybridized carbons (Fsp3) is 0.0714. The highest BCUT2D eigenvalue weighted by Crippen LogP contribution is 2.65. The third-order valence-electron chi connectivity index (χ3n) is 13.3. The topological polar surface area (TPSA) is 3.24 Å². The number of fused-ring (bicyclic) bond motifs is 14. The summed E-state index contributed by atoms with van der Waals surface area (Å²) in [6, 6.07) is 75.1. The van der Waals surface area contributed by atoms with Crippen molar-refractivity contribution in [2.45, 2.75) is 24.7 Å². The second-order valence-electron chi connectivity index (χ2n) is 16.4. The summed E-state index contributed by atoms with van der Waals surface area (Å²) in [5, 5.41) is 2.47. The first-order chi connectivity index (χ1) is 28.0. The minimum absolute atomic E-state index is 0.125. The predicted molar refractivity (Wildman–Crippen MR) is 238 cm³/mol. The van der Waals surface area contributed by atoms with E-state index in [1.165, 1.54) is 94.3 Å². The summed E-state index contributed by atoms with van der Waals surface area (Å²) in [6.07, 6.45) is 0. The molecule has 0 bridgehead atoms. The van der Waals surface area contributed by atoms with Gasteiger partial charge in [-0.25, -0.2) is 0 Å². The summed E-state index contributed by atoms with van der Waals surface area (Å²) < 4.78 is 0. The first-order valence-electron chi connectivity index (χ1n) is 20.1. The maximum atomic E-state index is 2.53. The molecule has 1 atom stereocenters. The molecule has 0 heterocycles. The van der Waals surface area contributed by atoms with Gasteiger partial charge < -0.3 is 4.90 Å². The van der Waals surface area contributed by atoms with E-state index < -0.39 is 5.41 Å². The van der Waals surface area contributed by atoms with E-state index in [2.05, 4.69) is 219 Å². The molecule has 1 nitrogen and oxygen atoms in total. The van der Waals surface area contributed by atoms with E-state index in [-0.39, 0.29) is 5.41 Å². The van der Waals surface area contributed by atoms with Crippen LogP contribution in [0.2, 0.25) is 0 Å². The molecule has 1 heteroatoms. The molecule has 9 aromatic carbocycles. The van der Waals surface area contributed by atoms with Gasteiger partial charge in [0, 0.05) is 22.4 Å². The van der Waals surface area contributed by atoms with Crippen LogP contribution in [0.1, 0.15) is 47.2 Å². The Bertz CT molecular complexity index is 3110. The lowest BCUT2D eigenvalue weighted by Gasteiger charge is -2.32. The molecule has 1 unspecified atom stereocenters. The standard InChI is InChI=1S/C56H39N/c1-55(2)47-22-11-8-19-42(47)44-32-30-41(35-51(44)55)57(40-29-27-37-17-6-7-18-38(37)33-40)53-26-14-25-50-54(53)46-21-10-13-24-49(46)56(50)48-23-12-9-20-43(48)45-31-28-39(34-52(45)56)36-15-4-3-5-16-36/h3-35H,1-2H3. The summed E-state index contributed by atoms with van der Waals surface area (Å²) >= 11 is 0. The van der Waals surface area contributed by atoms with Gasteiger partial charge in [0.2, 0.25) is 0 Å². The average molecular weight is 726 g/mol. The van der Waals surface area contributed by atoms with Crippen molar-refractivity contribution in [1.82, 2.24) is 0 Å². The van der Waals surface area contributed by atoms with Crippen molar-refractivity contribution < 1.29 is 0 Å². The lowest BCUT2D eigenvalue weighted by atomic mass is 9.70. The van der Waals surface area contributed by atoms with Crippen LogP contribution in [-0.4, -0.2) is 0 Å². The zero-order valence-electron chi connectivity index (χ0n) is 32.0. The van der Waals surface area contributed by atoms with Gasteiger partial charge in [0.25, 0.3) is 0 Å². The molecule has 0 radical (unpaired) electrons. The van der Waals surface area contributed by atoms with Crippen molar-refractivity contribution in [3.05, 3.63) is 234 Å². The third kappa shape index (κ3) is 4.34. The van der Waals surface area contributed by atoms with Gasteiger partial charge in [-0.3, -0.25) is 0 Å². The molecule has 0 N–H and O–H groups in total. The van der Waals surface area contributed by atoms with Crippen LogP contribution in [-0.2, 0) is 10.8 Å². The molecular weight excluding hydrogens is 687 g/mol. The van der Waals surface area contributed by atoms with E-state index in [0.29, 0.717) is 0 Å². The quantitative estimate of drug-likeness (QED) is 0.175. The lowest BCUT2D eigenvalue weighted by Crippen LogP contribution is -2.26. The molecule has 268 valence electrons. The number of rotatable bonds is 4.